The highest BCUT2D eigenvalue weighted by Gasteiger charge is 2.17. The van der Waals surface area contributed by atoms with E-state index in [2.05, 4.69) is 0 Å². The maximum Gasteiger partial charge on any atom is 0.163 e. The van der Waals surface area contributed by atoms with Crippen molar-refractivity contribution in [2.45, 2.75) is 26.7 Å². The van der Waals surface area contributed by atoms with E-state index in [4.69, 9.17) is 0 Å². The zero-order valence-corrected chi connectivity index (χ0v) is 10.8. The molecule has 0 fully saturated rings. The molecule has 0 saturated heterocycles. The number of ketones is 1. The molecule has 0 unspecified atom stereocenters. The molecule has 0 aromatic heterocycles. The second kappa shape index (κ2) is 4.83. The normalized spacial score (nSPS) is 10.3. The van der Waals surface area contributed by atoms with Crippen molar-refractivity contribution in [3.8, 4) is 11.5 Å². The minimum absolute atomic E-state index is 0.0812. The van der Waals surface area contributed by atoms with Crippen LogP contribution in [-0.2, 0) is 6.42 Å². The van der Waals surface area contributed by atoms with Crippen LogP contribution in [0.4, 0.5) is 0 Å². The summed E-state index contributed by atoms with van der Waals surface area (Å²) in [5.41, 5.74) is 0.746. The number of carbonyl (C=O) groups is 1. The molecule has 0 atom stereocenters. The Labute approximate surface area is 102 Å². The van der Waals surface area contributed by atoms with Crippen LogP contribution in [-0.4, -0.2) is 16.0 Å². The Hall–Kier alpha value is -0.780. The van der Waals surface area contributed by atoms with Crippen molar-refractivity contribution in [2.24, 2.45) is 0 Å². The lowest BCUT2D eigenvalue weighted by Crippen LogP contribution is -1.98. The average molecular weight is 320 g/mol. The Bertz CT molecular complexity index is 399. The third-order valence-corrected chi connectivity index (χ3v) is 3.03. The summed E-state index contributed by atoms with van der Waals surface area (Å²) >= 11 is 1.95. The van der Waals surface area contributed by atoms with E-state index < -0.39 is 0 Å². The molecular weight excluding hydrogens is 307 g/mol. The molecule has 82 valence electrons. The third kappa shape index (κ3) is 2.42. The average Bonchev–Trinajstić information content (AvgIpc) is 2.18. The lowest BCUT2D eigenvalue weighted by atomic mass is 10.0. The fraction of sp³-hybridized carbons (Fsp3) is 0.364. The summed E-state index contributed by atoms with van der Waals surface area (Å²) in [4.78, 5) is 11.2. The molecule has 0 aliphatic rings. The van der Waals surface area contributed by atoms with Gasteiger partial charge in [0.05, 0.1) is 9.13 Å². The molecule has 3 nitrogen and oxygen atoms in total. The van der Waals surface area contributed by atoms with Gasteiger partial charge in [-0.25, -0.2) is 0 Å². The van der Waals surface area contributed by atoms with Crippen molar-refractivity contribution < 1.29 is 15.0 Å². The highest BCUT2D eigenvalue weighted by Crippen LogP contribution is 2.36. The predicted octanol–water partition coefficient (Wildman–Crippen LogP) is 2.86. The fourth-order valence-electron chi connectivity index (χ4n) is 1.44. The number of phenols is 2. The maximum atomic E-state index is 11.2. The van der Waals surface area contributed by atoms with Gasteiger partial charge in [-0.05, 0) is 42.0 Å². The van der Waals surface area contributed by atoms with E-state index in [1.165, 1.54) is 13.0 Å². The Balaban J connectivity index is 3.41. The number of carbonyl (C=O) groups excluding carboxylic acids is 1. The highest BCUT2D eigenvalue weighted by molar-refractivity contribution is 14.1. The second-order valence-corrected chi connectivity index (χ2v) is 4.55. The molecule has 2 N–H and O–H groups in total. The SMILES string of the molecule is CCCc1c(O)c(I)cc(C(C)=O)c1O. The van der Waals surface area contributed by atoms with E-state index in [0.717, 1.165) is 6.42 Å². The van der Waals surface area contributed by atoms with Crippen LogP contribution < -0.4 is 0 Å². The Morgan fingerprint density at radius 2 is 2.00 bits per heavy atom. The quantitative estimate of drug-likeness (QED) is 0.665. The molecule has 1 rings (SSSR count). The summed E-state index contributed by atoms with van der Waals surface area (Å²) in [6.07, 6.45) is 1.37. The van der Waals surface area contributed by atoms with Crippen molar-refractivity contribution in [1.82, 2.24) is 0 Å². The number of phenolic OH excluding ortho intramolecular Hbond substituents is 2. The van der Waals surface area contributed by atoms with Crippen LogP contribution in [0.25, 0.3) is 0 Å². The number of hydrogen-bond donors (Lipinski definition) is 2. The van der Waals surface area contributed by atoms with Crippen LogP contribution in [0, 0.1) is 3.57 Å². The monoisotopic (exact) mass is 320 g/mol. The molecule has 0 aliphatic heterocycles. The molecule has 0 radical (unpaired) electrons. The van der Waals surface area contributed by atoms with Gasteiger partial charge in [0.1, 0.15) is 11.5 Å². The van der Waals surface area contributed by atoms with Crippen molar-refractivity contribution in [2.75, 3.05) is 0 Å². The van der Waals surface area contributed by atoms with Gasteiger partial charge in [0.25, 0.3) is 0 Å². The molecule has 0 heterocycles. The largest absolute Gasteiger partial charge is 0.507 e. The summed E-state index contributed by atoms with van der Waals surface area (Å²) in [7, 11) is 0. The number of aromatic hydroxyl groups is 2. The van der Waals surface area contributed by atoms with Crippen molar-refractivity contribution in [3.63, 3.8) is 0 Å². The van der Waals surface area contributed by atoms with E-state index in [9.17, 15) is 15.0 Å². The Morgan fingerprint density at radius 1 is 1.40 bits per heavy atom. The molecule has 0 saturated carbocycles. The molecule has 0 amide bonds. The summed E-state index contributed by atoms with van der Waals surface area (Å²) < 4.78 is 0.596. The topological polar surface area (TPSA) is 57.5 Å². The Kier molecular flexibility index (Phi) is 3.96. The summed E-state index contributed by atoms with van der Waals surface area (Å²) in [6.45, 7) is 3.35. The summed E-state index contributed by atoms with van der Waals surface area (Å²) in [5.74, 6) is -0.190. The van der Waals surface area contributed by atoms with E-state index in [1.807, 2.05) is 29.5 Å². The summed E-state index contributed by atoms with van der Waals surface area (Å²) in [5, 5.41) is 19.5. The highest BCUT2D eigenvalue weighted by atomic mass is 127. The number of rotatable bonds is 3. The standard InChI is InChI=1S/C11H13IO3/c1-3-4-7-10(14)8(6(2)13)5-9(12)11(7)15/h5,14-15H,3-4H2,1-2H3. The van der Waals surface area contributed by atoms with Crippen molar-refractivity contribution >= 4 is 28.4 Å². The first kappa shape index (κ1) is 12.3. The van der Waals surface area contributed by atoms with Gasteiger partial charge in [0.2, 0.25) is 0 Å². The first-order valence-corrected chi connectivity index (χ1v) is 5.81. The molecule has 1 aromatic carbocycles. The van der Waals surface area contributed by atoms with Gasteiger partial charge >= 0.3 is 0 Å². The first-order chi connectivity index (χ1) is 6.99. The van der Waals surface area contributed by atoms with Crippen molar-refractivity contribution in [1.29, 1.82) is 0 Å². The first-order valence-electron chi connectivity index (χ1n) is 4.73. The predicted molar refractivity (Wildman–Crippen MR) is 66.5 cm³/mol. The van der Waals surface area contributed by atoms with Crippen LogP contribution in [0.5, 0.6) is 11.5 Å². The minimum Gasteiger partial charge on any atom is -0.507 e. The van der Waals surface area contributed by atoms with Gasteiger partial charge in [-0.3, -0.25) is 4.79 Å². The third-order valence-electron chi connectivity index (χ3n) is 2.20. The van der Waals surface area contributed by atoms with Gasteiger partial charge in [-0.2, -0.15) is 0 Å². The van der Waals surface area contributed by atoms with Crippen LogP contribution >= 0.6 is 22.6 Å². The van der Waals surface area contributed by atoms with Crippen LogP contribution in [0.2, 0.25) is 0 Å². The van der Waals surface area contributed by atoms with Crippen molar-refractivity contribution in [3.05, 3.63) is 20.8 Å². The second-order valence-electron chi connectivity index (χ2n) is 3.39. The number of hydrogen-bond acceptors (Lipinski definition) is 3. The maximum absolute atomic E-state index is 11.2. The van der Waals surface area contributed by atoms with Crippen LogP contribution in [0.1, 0.15) is 36.2 Å². The van der Waals surface area contributed by atoms with Crippen LogP contribution in [0.15, 0.2) is 6.07 Å². The molecule has 0 bridgehead atoms. The van der Waals surface area contributed by atoms with E-state index in [0.29, 0.717) is 15.6 Å². The van der Waals surface area contributed by atoms with E-state index >= 15 is 0 Å². The van der Waals surface area contributed by atoms with E-state index in [1.54, 1.807) is 0 Å². The molecule has 1 aromatic rings. The van der Waals surface area contributed by atoms with Gasteiger partial charge in [0, 0.05) is 5.56 Å². The lowest BCUT2D eigenvalue weighted by molar-refractivity contribution is 0.101. The minimum atomic E-state index is -0.192. The molecule has 4 heteroatoms. The van der Waals surface area contributed by atoms with Gasteiger partial charge in [-0.15, -0.1) is 0 Å². The number of benzene rings is 1. The van der Waals surface area contributed by atoms with Gasteiger partial charge < -0.3 is 10.2 Å². The zero-order valence-electron chi connectivity index (χ0n) is 8.67. The smallest absolute Gasteiger partial charge is 0.163 e. The fourth-order valence-corrected chi connectivity index (χ4v) is 2.07. The molecule has 0 aliphatic carbocycles. The Morgan fingerprint density at radius 3 is 2.47 bits per heavy atom. The van der Waals surface area contributed by atoms with E-state index in [-0.39, 0.29) is 22.8 Å². The van der Waals surface area contributed by atoms with Gasteiger partial charge in [-0.1, -0.05) is 13.3 Å². The summed E-state index contributed by atoms with van der Waals surface area (Å²) in [6, 6.07) is 1.51. The lowest BCUT2D eigenvalue weighted by Gasteiger charge is -2.11. The molecule has 15 heavy (non-hydrogen) atoms. The molecular formula is C11H13IO3. The number of Topliss-reactive ketones (excluding diaryl/α,β-unsaturated/α-hetero) is 1. The van der Waals surface area contributed by atoms with Gasteiger partial charge in [0.15, 0.2) is 5.78 Å². The molecule has 0 spiro atoms. The zero-order chi connectivity index (χ0) is 11.6. The number of halogens is 1. The van der Waals surface area contributed by atoms with Crippen LogP contribution in [0.3, 0.4) is 0 Å².